The smallest absolute Gasteiger partial charge is 0.122 e. The number of rotatable bonds is 5. The molecule has 0 radical (unpaired) electrons. The zero-order chi connectivity index (χ0) is 13.0. The molecule has 0 spiro atoms. The molecule has 5 nitrogen and oxygen atoms in total. The summed E-state index contributed by atoms with van der Waals surface area (Å²) in [5, 5.41) is 3.31. The van der Waals surface area contributed by atoms with Crippen molar-refractivity contribution in [2.24, 2.45) is 7.05 Å². The molecule has 96 valence electrons. The van der Waals surface area contributed by atoms with Gasteiger partial charge in [-0.1, -0.05) is 0 Å². The fourth-order valence-electron chi connectivity index (χ4n) is 1.80. The number of anilines is 2. The van der Waals surface area contributed by atoms with Gasteiger partial charge in [0.1, 0.15) is 11.6 Å². The van der Waals surface area contributed by atoms with Crippen molar-refractivity contribution in [1.29, 1.82) is 0 Å². The maximum Gasteiger partial charge on any atom is 0.122 e. The van der Waals surface area contributed by atoms with E-state index in [1.54, 1.807) is 19.4 Å². The van der Waals surface area contributed by atoms with Gasteiger partial charge in [0, 0.05) is 55.9 Å². The van der Waals surface area contributed by atoms with Crippen molar-refractivity contribution in [3.63, 3.8) is 0 Å². The van der Waals surface area contributed by atoms with Crippen LogP contribution in [0, 0.1) is 0 Å². The van der Waals surface area contributed by atoms with Gasteiger partial charge in [-0.3, -0.25) is 0 Å². The van der Waals surface area contributed by atoms with Crippen LogP contribution < -0.4 is 15.8 Å². The third-order valence-electron chi connectivity index (χ3n) is 2.76. The predicted octanol–water partition coefficient (Wildman–Crippen LogP) is 1.67. The van der Waals surface area contributed by atoms with Crippen molar-refractivity contribution in [1.82, 2.24) is 9.55 Å². The van der Waals surface area contributed by atoms with Crippen molar-refractivity contribution in [3.8, 4) is 5.75 Å². The van der Waals surface area contributed by atoms with E-state index in [1.165, 1.54) is 0 Å². The SMILES string of the molecule is COc1cc(N)cc(NCCc2nccn2C)c1. The molecule has 0 aliphatic carbocycles. The van der Waals surface area contributed by atoms with E-state index in [0.717, 1.165) is 30.2 Å². The molecule has 0 aliphatic rings. The van der Waals surface area contributed by atoms with Crippen molar-refractivity contribution < 1.29 is 4.74 Å². The molecule has 1 aromatic heterocycles. The Morgan fingerprint density at radius 1 is 1.39 bits per heavy atom. The molecule has 1 heterocycles. The highest BCUT2D eigenvalue weighted by Gasteiger charge is 2.01. The molecule has 1 aromatic carbocycles. The first-order valence-corrected chi connectivity index (χ1v) is 5.83. The van der Waals surface area contributed by atoms with Crippen LogP contribution in [0.5, 0.6) is 5.75 Å². The van der Waals surface area contributed by atoms with Crippen LogP contribution in [0.25, 0.3) is 0 Å². The normalized spacial score (nSPS) is 10.3. The number of aryl methyl sites for hydroxylation is 1. The van der Waals surface area contributed by atoms with E-state index in [0.29, 0.717) is 5.69 Å². The third kappa shape index (κ3) is 2.94. The second-order valence-electron chi connectivity index (χ2n) is 4.13. The lowest BCUT2D eigenvalue weighted by atomic mass is 10.2. The van der Waals surface area contributed by atoms with Gasteiger partial charge in [-0.25, -0.2) is 4.98 Å². The van der Waals surface area contributed by atoms with Gasteiger partial charge < -0.3 is 20.4 Å². The van der Waals surface area contributed by atoms with Crippen LogP contribution in [0.4, 0.5) is 11.4 Å². The monoisotopic (exact) mass is 246 g/mol. The first-order valence-electron chi connectivity index (χ1n) is 5.83. The van der Waals surface area contributed by atoms with E-state index >= 15 is 0 Å². The number of hydrogen-bond acceptors (Lipinski definition) is 4. The maximum absolute atomic E-state index is 5.79. The lowest BCUT2D eigenvalue weighted by Crippen LogP contribution is -2.08. The number of nitrogens with one attached hydrogen (secondary N) is 1. The first kappa shape index (κ1) is 12.3. The predicted molar refractivity (Wildman–Crippen MR) is 72.8 cm³/mol. The van der Waals surface area contributed by atoms with Crippen LogP contribution in [0.15, 0.2) is 30.6 Å². The minimum Gasteiger partial charge on any atom is -0.497 e. The minimum absolute atomic E-state index is 0.689. The van der Waals surface area contributed by atoms with E-state index in [9.17, 15) is 0 Å². The average molecular weight is 246 g/mol. The Bertz CT molecular complexity index is 521. The number of nitrogens with two attached hydrogens (primary N) is 1. The molecule has 0 bridgehead atoms. The molecule has 2 aromatic rings. The molecule has 2 rings (SSSR count). The first-order chi connectivity index (χ1) is 8.69. The summed E-state index contributed by atoms with van der Waals surface area (Å²) in [6.45, 7) is 0.803. The standard InChI is InChI=1S/C13H18N4O/c1-17-6-5-16-13(17)3-4-15-11-7-10(14)8-12(9-11)18-2/h5-9,15H,3-4,14H2,1-2H3. The van der Waals surface area contributed by atoms with Gasteiger partial charge in [0.25, 0.3) is 0 Å². The van der Waals surface area contributed by atoms with Crippen LogP contribution in [0.1, 0.15) is 5.82 Å². The molecule has 0 unspecified atom stereocenters. The second kappa shape index (κ2) is 5.44. The van der Waals surface area contributed by atoms with E-state index in [4.69, 9.17) is 10.5 Å². The molecular formula is C13H18N4O. The van der Waals surface area contributed by atoms with Crippen molar-refractivity contribution >= 4 is 11.4 Å². The quantitative estimate of drug-likeness (QED) is 0.788. The molecular weight excluding hydrogens is 228 g/mol. The van der Waals surface area contributed by atoms with Crippen LogP contribution in [-0.2, 0) is 13.5 Å². The number of benzene rings is 1. The number of ether oxygens (including phenoxy) is 1. The van der Waals surface area contributed by atoms with Gasteiger partial charge in [0.2, 0.25) is 0 Å². The van der Waals surface area contributed by atoms with Gasteiger partial charge in [0.05, 0.1) is 7.11 Å². The van der Waals surface area contributed by atoms with E-state index < -0.39 is 0 Å². The summed E-state index contributed by atoms with van der Waals surface area (Å²) in [5.74, 6) is 1.81. The molecule has 0 fully saturated rings. The number of nitrogens with zero attached hydrogens (tertiary/aromatic N) is 2. The highest BCUT2D eigenvalue weighted by molar-refractivity contribution is 5.59. The Hall–Kier alpha value is -2.17. The molecule has 3 N–H and O–H groups in total. The highest BCUT2D eigenvalue weighted by Crippen LogP contribution is 2.21. The van der Waals surface area contributed by atoms with Gasteiger partial charge >= 0.3 is 0 Å². The van der Waals surface area contributed by atoms with Crippen molar-refractivity contribution in [3.05, 3.63) is 36.4 Å². The second-order valence-corrected chi connectivity index (χ2v) is 4.13. The van der Waals surface area contributed by atoms with Gasteiger partial charge in [-0.05, 0) is 6.07 Å². The summed E-state index contributed by atoms with van der Waals surface area (Å²) in [6, 6.07) is 5.61. The summed E-state index contributed by atoms with van der Waals surface area (Å²) in [5.41, 5.74) is 7.44. The van der Waals surface area contributed by atoms with Crippen LogP contribution in [0.3, 0.4) is 0 Å². The largest absolute Gasteiger partial charge is 0.497 e. The summed E-state index contributed by atoms with van der Waals surface area (Å²) < 4.78 is 7.19. The van der Waals surface area contributed by atoms with Crippen molar-refractivity contribution in [2.75, 3.05) is 24.7 Å². The number of nitrogen functional groups attached to an aromatic ring is 1. The Morgan fingerprint density at radius 2 is 2.22 bits per heavy atom. The Morgan fingerprint density at radius 3 is 2.89 bits per heavy atom. The molecule has 5 heteroatoms. The van der Waals surface area contributed by atoms with E-state index in [2.05, 4.69) is 10.3 Å². The minimum atomic E-state index is 0.689. The molecule has 18 heavy (non-hydrogen) atoms. The van der Waals surface area contributed by atoms with Gasteiger partial charge in [0.15, 0.2) is 0 Å². The summed E-state index contributed by atoms with van der Waals surface area (Å²) in [7, 11) is 3.62. The number of hydrogen-bond donors (Lipinski definition) is 2. The number of aromatic nitrogens is 2. The van der Waals surface area contributed by atoms with Crippen molar-refractivity contribution in [2.45, 2.75) is 6.42 Å². The van der Waals surface area contributed by atoms with Crippen LogP contribution in [0.2, 0.25) is 0 Å². The molecule has 0 saturated heterocycles. The summed E-state index contributed by atoms with van der Waals surface area (Å²) in [4.78, 5) is 4.27. The Balaban J connectivity index is 1.94. The van der Waals surface area contributed by atoms with E-state index in [1.807, 2.05) is 29.9 Å². The molecule has 0 saturated carbocycles. The fourth-order valence-corrected chi connectivity index (χ4v) is 1.80. The van der Waals surface area contributed by atoms with Gasteiger partial charge in [-0.2, -0.15) is 0 Å². The molecule has 0 amide bonds. The highest BCUT2D eigenvalue weighted by atomic mass is 16.5. The Kier molecular flexibility index (Phi) is 3.72. The number of imidazole rings is 1. The average Bonchev–Trinajstić information content (AvgIpc) is 2.74. The van der Waals surface area contributed by atoms with E-state index in [-0.39, 0.29) is 0 Å². The van der Waals surface area contributed by atoms with Gasteiger partial charge in [-0.15, -0.1) is 0 Å². The molecule has 0 atom stereocenters. The topological polar surface area (TPSA) is 65.1 Å². The lowest BCUT2D eigenvalue weighted by molar-refractivity contribution is 0.415. The zero-order valence-corrected chi connectivity index (χ0v) is 10.7. The van der Waals surface area contributed by atoms with Crippen LogP contribution >= 0.6 is 0 Å². The zero-order valence-electron chi connectivity index (χ0n) is 10.7. The molecule has 0 aliphatic heterocycles. The fraction of sp³-hybridized carbons (Fsp3) is 0.308. The lowest BCUT2D eigenvalue weighted by Gasteiger charge is -2.09. The summed E-state index contributed by atoms with van der Waals surface area (Å²) in [6.07, 6.45) is 4.61. The Labute approximate surface area is 107 Å². The summed E-state index contributed by atoms with van der Waals surface area (Å²) >= 11 is 0. The number of methoxy groups -OCH3 is 1. The maximum atomic E-state index is 5.79. The third-order valence-corrected chi connectivity index (χ3v) is 2.76. The van der Waals surface area contributed by atoms with Crippen LogP contribution in [-0.4, -0.2) is 23.2 Å².